The Hall–Kier alpha value is -0.180. The first-order chi connectivity index (χ1) is 2.27. The number of hydrogen-bond acceptors (Lipinski definition) is 2. The van der Waals surface area contributed by atoms with E-state index in [-0.39, 0.29) is 13.2 Å². The first kappa shape index (κ1) is 9.27. The summed E-state index contributed by atoms with van der Waals surface area (Å²) < 4.78 is 0. The van der Waals surface area contributed by atoms with Gasteiger partial charge in [-0.2, -0.15) is 12.6 Å². The van der Waals surface area contributed by atoms with Crippen LogP contribution in [0.4, 0.5) is 0 Å². The third-order valence-corrected chi connectivity index (χ3v) is 0.406. The molecule has 0 aliphatic heterocycles. The molecule has 0 aliphatic carbocycles. The van der Waals surface area contributed by atoms with E-state index in [9.17, 15) is 4.79 Å². The summed E-state index contributed by atoms with van der Waals surface area (Å²) in [6.07, 6.45) is 0. The number of thiol groups is 1. The number of carbonyl (C=O) groups is 1. The molecule has 6 heavy (non-hydrogen) atoms. The lowest BCUT2D eigenvalue weighted by molar-refractivity contribution is -0.133. The summed E-state index contributed by atoms with van der Waals surface area (Å²) in [6, 6.07) is 0. The monoisotopic (exact) mass is 104 g/mol. The van der Waals surface area contributed by atoms with E-state index >= 15 is 0 Å². The highest BCUT2D eigenvalue weighted by Crippen LogP contribution is 1.66. The topological polar surface area (TPSA) is 37.3 Å². The van der Waals surface area contributed by atoms with Crippen molar-refractivity contribution < 1.29 is 9.90 Å². The maximum atomic E-state index is 9.29. The molecule has 3 heteroatoms. The number of rotatable bonds is 1. The number of carboxylic acids is 1. The first-order valence-electron chi connectivity index (χ1n) is 1.10. The quantitative estimate of drug-likeness (QED) is 0.462. The average Bonchev–Trinajstić information content (AvgIpc) is 1.38. The molecule has 0 amide bonds. The van der Waals surface area contributed by atoms with Gasteiger partial charge in [0.25, 0.3) is 0 Å². The van der Waals surface area contributed by atoms with Gasteiger partial charge in [0, 0.05) is 7.43 Å². The highest BCUT2D eigenvalue weighted by molar-refractivity contribution is 7.81. The maximum Gasteiger partial charge on any atom is 0.313 e. The molecule has 0 fully saturated rings. The molecule has 0 aromatic carbocycles. The van der Waals surface area contributed by atoms with Gasteiger partial charge in [-0.25, -0.2) is 0 Å². The van der Waals surface area contributed by atoms with Crippen molar-refractivity contribution in [1.29, 1.82) is 0 Å². The summed E-state index contributed by atoms with van der Waals surface area (Å²) in [4.78, 5) is 9.29. The van der Waals surface area contributed by atoms with Crippen molar-refractivity contribution in [2.24, 2.45) is 0 Å². The Kier molecular flexibility index (Phi) is 7.44. The molecule has 0 heterocycles. The Morgan fingerprint density at radius 2 is 2.00 bits per heavy atom. The normalized spacial score (nSPS) is 6.17. The van der Waals surface area contributed by atoms with Crippen molar-refractivity contribution >= 4 is 18.6 Å². The minimum absolute atomic E-state index is 0. The summed E-state index contributed by atoms with van der Waals surface area (Å²) in [5.74, 6) is -0.965. The van der Waals surface area contributed by atoms with Crippen LogP contribution in [0.15, 0.2) is 0 Å². The Balaban J connectivity index is 0. The summed E-state index contributed by atoms with van der Waals surface area (Å²) in [6.45, 7) is 0. The molecule has 0 bridgehead atoms. The van der Waals surface area contributed by atoms with E-state index in [0.29, 0.717) is 0 Å². The van der Waals surface area contributed by atoms with Crippen LogP contribution in [0.3, 0.4) is 0 Å². The molecule has 0 atom stereocenters. The largest absolute Gasteiger partial charge is 0.481 e. The molecule has 0 unspecified atom stereocenters. The van der Waals surface area contributed by atoms with E-state index in [2.05, 4.69) is 12.6 Å². The molecule has 0 spiro atoms. The van der Waals surface area contributed by atoms with Crippen molar-refractivity contribution in [2.75, 3.05) is 5.75 Å². The van der Waals surface area contributed by atoms with Gasteiger partial charge < -0.3 is 5.11 Å². The van der Waals surface area contributed by atoms with Crippen LogP contribution in [0, 0.1) is 7.43 Å². The van der Waals surface area contributed by atoms with Gasteiger partial charge in [0.2, 0.25) is 0 Å². The van der Waals surface area contributed by atoms with E-state index in [1.807, 2.05) is 0 Å². The van der Waals surface area contributed by atoms with Gasteiger partial charge >= 0.3 is 5.97 Å². The highest BCUT2D eigenvalue weighted by Gasteiger charge is 1.81. The van der Waals surface area contributed by atoms with Gasteiger partial charge in [0.05, 0.1) is 5.75 Å². The standard InChI is InChI=1S/C2H4O2S.C/c3-2(4)1-5;/h5H,1H2,(H,3,4);. The third-order valence-electron chi connectivity index (χ3n) is 0.135. The van der Waals surface area contributed by atoms with Crippen molar-refractivity contribution in [3.8, 4) is 0 Å². The summed E-state index contributed by atoms with van der Waals surface area (Å²) >= 11 is 3.42. The number of aliphatic carboxylic acids is 1. The molecule has 0 saturated carbocycles. The van der Waals surface area contributed by atoms with Gasteiger partial charge in [0.1, 0.15) is 0 Å². The van der Waals surface area contributed by atoms with Crippen LogP contribution >= 0.6 is 12.6 Å². The lowest BCUT2D eigenvalue weighted by atomic mass is 10.8. The molecule has 4 radical (unpaired) electrons. The van der Waals surface area contributed by atoms with Crippen molar-refractivity contribution in [2.45, 2.75) is 0 Å². The maximum absolute atomic E-state index is 9.29. The third kappa shape index (κ3) is 9.17. The fraction of sp³-hybridized carbons (Fsp3) is 0.333. The molecule has 34 valence electrons. The number of hydrogen-bond donors (Lipinski definition) is 2. The Bertz CT molecular complexity index is 44.1. The van der Waals surface area contributed by atoms with E-state index in [4.69, 9.17) is 5.11 Å². The smallest absolute Gasteiger partial charge is 0.313 e. The molecular weight excluding hydrogens is 100 g/mol. The van der Waals surface area contributed by atoms with Gasteiger partial charge in [-0.3, -0.25) is 4.79 Å². The lowest BCUT2D eigenvalue weighted by Gasteiger charge is -1.71. The van der Waals surface area contributed by atoms with Crippen LogP contribution in [0.2, 0.25) is 0 Å². The second kappa shape index (κ2) is 4.82. The Morgan fingerprint density at radius 1 is 1.83 bits per heavy atom. The predicted molar refractivity (Wildman–Crippen MR) is 24.7 cm³/mol. The number of carboxylic acid groups (broad SMARTS) is 1. The average molecular weight is 104 g/mol. The molecule has 1 N–H and O–H groups in total. The second-order valence-corrected chi connectivity index (χ2v) is 0.868. The zero-order chi connectivity index (χ0) is 4.28. The van der Waals surface area contributed by atoms with Crippen molar-refractivity contribution in [1.82, 2.24) is 0 Å². The second-order valence-electron chi connectivity index (χ2n) is 0.552. The van der Waals surface area contributed by atoms with Gasteiger partial charge in [-0.15, -0.1) is 0 Å². The molecule has 0 aromatic rings. The molecular formula is C3H4O2S. The van der Waals surface area contributed by atoms with E-state index in [1.54, 1.807) is 0 Å². The fourth-order valence-electron chi connectivity index (χ4n) is 0. The van der Waals surface area contributed by atoms with Crippen molar-refractivity contribution in [3.05, 3.63) is 7.43 Å². The van der Waals surface area contributed by atoms with Crippen LogP contribution < -0.4 is 0 Å². The Labute approximate surface area is 42.6 Å². The van der Waals surface area contributed by atoms with Crippen LogP contribution in [-0.2, 0) is 4.79 Å². The van der Waals surface area contributed by atoms with Gasteiger partial charge in [-0.05, 0) is 0 Å². The zero-order valence-electron chi connectivity index (χ0n) is 3.01. The van der Waals surface area contributed by atoms with E-state index in [1.165, 1.54) is 0 Å². The van der Waals surface area contributed by atoms with E-state index < -0.39 is 5.97 Å². The van der Waals surface area contributed by atoms with Crippen LogP contribution in [0.5, 0.6) is 0 Å². The minimum Gasteiger partial charge on any atom is -0.481 e. The van der Waals surface area contributed by atoms with E-state index in [0.717, 1.165) is 0 Å². The predicted octanol–water partition coefficient (Wildman–Crippen LogP) is 0.0821. The first-order valence-corrected chi connectivity index (χ1v) is 1.73. The van der Waals surface area contributed by atoms with Crippen LogP contribution in [-0.4, -0.2) is 16.8 Å². The molecule has 0 aliphatic rings. The molecule has 0 rings (SSSR count). The molecule has 0 aromatic heterocycles. The summed E-state index contributed by atoms with van der Waals surface area (Å²) in [5.41, 5.74) is 0. The molecule has 2 nitrogen and oxygen atoms in total. The van der Waals surface area contributed by atoms with Gasteiger partial charge in [0.15, 0.2) is 0 Å². The summed E-state index contributed by atoms with van der Waals surface area (Å²) in [5, 5.41) is 7.65. The van der Waals surface area contributed by atoms with Gasteiger partial charge in [-0.1, -0.05) is 0 Å². The summed E-state index contributed by atoms with van der Waals surface area (Å²) in [7, 11) is 0. The van der Waals surface area contributed by atoms with Crippen LogP contribution in [0.1, 0.15) is 0 Å². The molecule has 0 saturated heterocycles. The fourth-order valence-corrected chi connectivity index (χ4v) is 0. The van der Waals surface area contributed by atoms with Crippen molar-refractivity contribution in [3.63, 3.8) is 0 Å². The SMILES string of the molecule is O=C(O)CS.[C]. The van der Waals surface area contributed by atoms with Crippen LogP contribution in [0.25, 0.3) is 0 Å². The lowest BCUT2D eigenvalue weighted by Crippen LogP contribution is -1.92. The minimum atomic E-state index is -0.881. The highest BCUT2D eigenvalue weighted by atomic mass is 32.1. The zero-order valence-corrected chi connectivity index (χ0v) is 3.90. The Morgan fingerprint density at radius 3 is 2.00 bits per heavy atom.